The van der Waals surface area contributed by atoms with E-state index in [4.69, 9.17) is 17.3 Å². The van der Waals surface area contributed by atoms with Crippen LogP contribution in [-0.4, -0.2) is 4.98 Å². The van der Waals surface area contributed by atoms with Gasteiger partial charge in [0.15, 0.2) is 0 Å². The molecule has 2 aromatic rings. The standard InChI is InChI=1S/C9H6BrClN2/c10-5-2-1-3-7-8(5)9(11)6(12)4-13-7/h1-4H,12H2. The molecule has 66 valence electrons. The minimum Gasteiger partial charge on any atom is -0.396 e. The van der Waals surface area contributed by atoms with Gasteiger partial charge in [-0.2, -0.15) is 0 Å². The van der Waals surface area contributed by atoms with Crippen molar-refractivity contribution in [1.82, 2.24) is 4.98 Å². The molecule has 0 saturated carbocycles. The summed E-state index contributed by atoms with van der Waals surface area (Å²) >= 11 is 9.44. The Kier molecular flexibility index (Phi) is 2.14. The number of anilines is 1. The Morgan fingerprint density at radius 3 is 2.92 bits per heavy atom. The van der Waals surface area contributed by atoms with Crippen LogP contribution in [0, 0.1) is 0 Å². The summed E-state index contributed by atoms with van der Waals surface area (Å²) in [6, 6.07) is 5.71. The highest BCUT2D eigenvalue weighted by Crippen LogP contribution is 2.32. The van der Waals surface area contributed by atoms with E-state index >= 15 is 0 Å². The second-order valence-corrected chi connectivity index (χ2v) is 3.89. The first-order chi connectivity index (χ1) is 6.20. The summed E-state index contributed by atoms with van der Waals surface area (Å²) in [6.07, 6.45) is 1.57. The van der Waals surface area contributed by atoms with Crippen LogP contribution in [0.15, 0.2) is 28.9 Å². The lowest BCUT2D eigenvalue weighted by molar-refractivity contribution is 1.41. The molecule has 0 amide bonds. The summed E-state index contributed by atoms with van der Waals surface area (Å²) in [4.78, 5) is 4.16. The van der Waals surface area contributed by atoms with Crippen molar-refractivity contribution in [3.8, 4) is 0 Å². The maximum Gasteiger partial charge on any atom is 0.0756 e. The molecule has 0 bridgehead atoms. The highest BCUT2D eigenvalue weighted by molar-refractivity contribution is 9.10. The number of nitrogens with two attached hydrogens (primary N) is 1. The number of halogens is 2. The second kappa shape index (κ2) is 3.16. The predicted octanol–water partition coefficient (Wildman–Crippen LogP) is 3.23. The summed E-state index contributed by atoms with van der Waals surface area (Å²) in [5, 5.41) is 1.42. The third kappa shape index (κ3) is 1.38. The van der Waals surface area contributed by atoms with Crippen molar-refractivity contribution >= 4 is 44.1 Å². The number of hydrogen-bond acceptors (Lipinski definition) is 2. The molecule has 2 N–H and O–H groups in total. The van der Waals surface area contributed by atoms with Crippen molar-refractivity contribution in [1.29, 1.82) is 0 Å². The molecule has 2 rings (SSSR count). The molecule has 2 nitrogen and oxygen atoms in total. The summed E-state index contributed by atoms with van der Waals surface area (Å²) in [5.74, 6) is 0. The molecule has 0 aliphatic heterocycles. The van der Waals surface area contributed by atoms with Gasteiger partial charge in [0.2, 0.25) is 0 Å². The van der Waals surface area contributed by atoms with E-state index in [0.717, 1.165) is 15.4 Å². The summed E-state index contributed by atoms with van der Waals surface area (Å²) in [6.45, 7) is 0. The lowest BCUT2D eigenvalue weighted by Gasteiger charge is -2.04. The van der Waals surface area contributed by atoms with E-state index in [2.05, 4.69) is 20.9 Å². The molecule has 0 saturated heterocycles. The van der Waals surface area contributed by atoms with Crippen molar-refractivity contribution in [2.45, 2.75) is 0 Å². The molecule has 0 aliphatic rings. The van der Waals surface area contributed by atoms with Gasteiger partial charge in [0.25, 0.3) is 0 Å². The largest absolute Gasteiger partial charge is 0.396 e. The minimum atomic E-state index is 0.501. The van der Waals surface area contributed by atoms with Gasteiger partial charge < -0.3 is 5.73 Å². The normalized spacial score (nSPS) is 10.6. The quantitative estimate of drug-likeness (QED) is 0.787. The molecule has 13 heavy (non-hydrogen) atoms. The lowest BCUT2D eigenvalue weighted by Crippen LogP contribution is -1.90. The zero-order chi connectivity index (χ0) is 9.42. The van der Waals surface area contributed by atoms with E-state index in [1.54, 1.807) is 6.20 Å². The third-order valence-electron chi connectivity index (χ3n) is 1.81. The van der Waals surface area contributed by atoms with E-state index in [9.17, 15) is 0 Å². The van der Waals surface area contributed by atoms with Crippen LogP contribution in [0.25, 0.3) is 10.9 Å². The SMILES string of the molecule is Nc1cnc2cccc(Br)c2c1Cl. The van der Waals surface area contributed by atoms with Crippen molar-refractivity contribution in [3.63, 3.8) is 0 Å². The zero-order valence-corrected chi connectivity index (χ0v) is 8.93. The Hall–Kier alpha value is -0.800. The summed E-state index contributed by atoms with van der Waals surface area (Å²) in [7, 11) is 0. The fourth-order valence-electron chi connectivity index (χ4n) is 1.18. The molecule has 1 aromatic carbocycles. The Labute approximate surface area is 88.8 Å². The molecule has 1 heterocycles. The van der Waals surface area contributed by atoms with Crippen LogP contribution in [0.2, 0.25) is 5.02 Å². The van der Waals surface area contributed by atoms with E-state index in [1.807, 2.05) is 18.2 Å². The average molecular weight is 258 g/mol. The van der Waals surface area contributed by atoms with Crippen LogP contribution < -0.4 is 5.73 Å². The monoisotopic (exact) mass is 256 g/mol. The van der Waals surface area contributed by atoms with Crippen LogP contribution in [-0.2, 0) is 0 Å². The maximum absolute atomic E-state index is 6.04. The Morgan fingerprint density at radius 1 is 1.38 bits per heavy atom. The third-order valence-corrected chi connectivity index (χ3v) is 2.88. The molecule has 1 aromatic heterocycles. The smallest absolute Gasteiger partial charge is 0.0756 e. The first kappa shape index (κ1) is 8.78. The van der Waals surface area contributed by atoms with Crippen LogP contribution in [0.1, 0.15) is 0 Å². The molecular weight excluding hydrogens is 251 g/mol. The van der Waals surface area contributed by atoms with Gasteiger partial charge in [-0.05, 0) is 12.1 Å². The van der Waals surface area contributed by atoms with E-state index < -0.39 is 0 Å². The van der Waals surface area contributed by atoms with Crippen molar-refractivity contribution < 1.29 is 0 Å². The Bertz CT molecular complexity index is 470. The van der Waals surface area contributed by atoms with Gasteiger partial charge in [-0.15, -0.1) is 0 Å². The van der Waals surface area contributed by atoms with Gasteiger partial charge in [-0.3, -0.25) is 4.98 Å². The van der Waals surface area contributed by atoms with Crippen LogP contribution >= 0.6 is 27.5 Å². The highest BCUT2D eigenvalue weighted by atomic mass is 79.9. The fraction of sp³-hybridized carbons (Fsp3) is 0. The number of fused-ring (bicyclic) bond motifs is 1. The number of hydrogen-bond donors (Lipinski definition) is 1. The minimum absolute atomic E-state index is 0.501. The van der Waals surface area contributed by atoms with Crippen LogP contribution in [0.5, 0.6) is 0 Å². The summed E-state index contributed by atoms with van der Waals surface area (Å²) in [5.41, 5.74) is 6.98. The molecule has 0 fully saturated rings. The molecular formula is C9H6BrClN2. The number of aromatic nitrogens is 1. The van der Waals surface area contributed by atoms with E-state index in [0.29, 0.717) is 10.7 Å². The van der Waals surface area contributed by atoms with Gasteiger partial charge in [0.1, 0.15) is 0 Å². The molecule has 0 radical (unpaired) electrons. The topological polar surface area (TPSA) is 38.9 Å². The molecule has 0 spiro atoms. The number of rotatable bonds is 0. The van der Waals surface area contributed by atoms with Crippen molar-refractivity contribution in [3.05, 3.63) is 33.9 Å². The number of nitrogens with zero attached hydrogens (tertiary/aromatic N) is 1. The van der Waals surface area contributed by atoms with E-state index in [-0.39, 0.29) is 0 Å². The van der Waals surface area contributed by atoms with E-state index in [1.165, 1.54) is 0 Å². The summed E-state index contributed by atoms with van der Waals surface area (Å²) < 4.78 is 0.912. The average Bonchev–Trinajstić information content (AvgIpc) is 2.12. The fourth-order valence-corrected chi connectivity index (χ4v) is 2.09. The van der Waals surface area contributed by atoms with Gasteiger partial charge in [0, 0.05) is 9.86 Å². The molecule has 0 unspecified atom stereocenters. The molecule has 0 aliphatic carbocycles. The molecule has 0 atom stereocenters. The van der Waals surface area contributed by atoms with Crippen LogP contribution in [0.4, 0.5) is 5.69 Å². The molecule has 4 heteroatoms. The van der Waals surface area contributed by atoms with Crippen molar-refractivity contribution in [2.75, 3.05) is 5.73 Å². The highest BCUT2D eigenvalue weighted by Gasteiger charge is 2.06. The van der Waals surface area contributed by atoms with Crippen LogP contribution in [0.3, 0.4) is 0 Å². The van der Waals surface area contributed by atoms with Crippen molar-refractivity contribution in [2.24, 2.45) is 0 Å². The zero-order valence-electron chi connectivity index (χ0n) is 6.59. The Morgan fingerprint density at radius 2 is 2.15 bits per heavy atom. The lowest BCUT2D eigenvalue weighted by atomic mass is 10.2. The predicted molar refractivity (Wildman–Crippen MR) is 58.9 cm³/mol. The number of nitrogen functional groups attached to an aromatic ring is 1. The van der Waals surface area contributed by atoms with Gasteiger partial charge in [-0.25, -0.2) is 0 Å². The number of pyridine rings is 1. The van der Waals surface area contributed by atoms with Gasteiger partial charge in [0.05, 0.1) is 22.4 Å². The Balaban J connectivity index is 2.97. The first-order valence-corrected chi connectivity index (χ1v) is 4.85. The first-order valence-electron chi connectivity index (χ1n) is 3.68. The second-order valence-electron chi connectivity index (χ2n) is 2.66. The van der Waals surface area contributed by atoms with Gasteiger partial charge in [-0.1, -0.05) is 33.6 Å². The maximum atomic E-state index is 6.04. The number of benzene rings is 1. The van der Waals surface area contributed by atoms with Gasteiger partial charge >= 0.3 is 0 Å².